The van der Waals surface area contributed by atoms with Crippen molar-refractivity contribution in [3.05, 3.63) is 47.5 Å². The number of amides is 1. The first-order valence-corrected chi connectivity index (χ1v) is 7.82. The van der Waals surface area contributed by atoms with Gasteiger partial charge in [-0.3, -0.25) is 9.48 Å². The van der Waals surface area contributed by atoms with E-state index in [-0.39, 0.29) is 11.9 Å². The minimum atomic E-state index is -0.0921. The molecule has 0 aliphatic heterocycles. The van der Waals surface area contributed by atoms with E-state index >= 15 is 0 Å². The molecule has 0 aliphatic rings. The van der Waals surface area contributed by atoms with Crippen molar-refractivity contribution in [2.45, 2.75) is 33.2 Å². The second-order valence-corrected chi connectivity index (χ2v) is 5.91. The molecular formula is C17H21N5O. The van der Waals surface area contributed by atoms with Crippen LogP contribution in [0.25, 0.3) is 11.0 Å². The van der Waals surface area contributed by atoms with Crippen LogP contribution < -0.4 is 5.32 Å². The van der Waals surface area contributed by atoms with Crippen LogP contribution in [-0.2, 0) is 6.42 Å². The molecule has 2 aromatic heterocycles. The van der Waals surface area contributed by atoms with Gasteiger partial charge in [-0.1, -0.05) is 12.1 Å². The lowest BCUT2D eigenvalue weighted by Gasteiger charge is -2.03. The number of nitrogens with one attached hydrogen (secondary N) is 2. The minimum absolute atomic E-state index is 0.0921. The zero-order valence-corrected chi connectivity index (χ0v) is 13.6. The van der Waals surface area contributed by atoms with Gasteiger partial charge in [0.05, 0.1) is 22.3 Å². The van der Waals surface area contributed by atoms with Crippen LogP contribution in [0.2, 0.25) is 0 Å². The Morgan fingerprint density at radius 3 is 2.83 bits per heavy atom. The summed E-state index contributed by atoms with van der Waals surface area (Å²) in [5.41, 5.74) is 3.34. The molecule has 0 atom stereocenters. The number of nitrogens with zero attached hydrogens (tertiary/aromatic N) is 3. The van der Waals surface area contributed by atoms with Crippen molar-refractivity contribution in [1.29, 1.82) is 0 Å². The Kier molecular flexibility index (Phi) is 4.14. The molecule has 0 saturated heterocycles. The van der Waals surface area contributed by atoms with Gasteiger partial charge >= 0.3 is 0 Å². The van der Waals surface area contributed by atoms with E-state index in [0.29, 0.717) is 18.5 Å². The van der Waals surface area contributed by atoms with Crippen molar-refractivity contribution in [2.24, 2.45) is 0 Å². The molecule has 0 aliphatic carbocycles. The average molecular weight is 311 g/mol. The first kappa shape index (κ1) is 15.3. The van der Waals surface area contributed by atoms with Gasteiger partial charge in [-0.2, -0.15) is 5.10 Å². The minimum Gasteiger partial charge on any atom is -0.351 e. The smallest absolute Gasteiger partial charge is 0.254 e. The van der Waals surface area contributed by atoms with Crippen LogP contribution >= 0.6 is 0 Å². The molecule has 23 heavy (non-hydrogen) atoms. The van der Waals surface area contributed by atoms with Crippen molar-refractivity contribution < 1.29 is 4.79 Å². The Hall–Kier alpha value is -2.63. The van der Waals surface area contributed by atoms with Crippen molar-refractivity contribution >= 4 is 16.9 Å². The summed E-state index contributed by atoms with van der Waals surface area (Å²) in [6.45, 7) is 6.46. The molecule has 0 fully saturated rings. The van der Waals surface area contributed by atoms with E-state index < -0.39 is 0 Å². The van der Waals surface area contributed by atoms with Gasteiger partial charge in [0.1, 0.15) is 5.82 Å². The van der Waals surface area contributed by atoms with Gasteiger partial charge in [0, 0.05) is 25.2 Å². The van der Waals surface area contributed by atoms with E-state index in [1.807, 2.05) is 49.7 Å². The van der Waals surface area contributed by atoms with Gasteiger partial charge in [0.15, 0.2) is 0 Å². The number of carbonyl (C=O) groups is 1. The van der Waals surface area contributed by atoms with E-state index in [0.717, 1.165) is 22.6 Å². The van der Waals surface area contributed by atoms with E-state index in [4.69, 9.17) is 0 Å². The Labute approximate surface area is 134 Å². The second-order valence-electron chi connectivity index (χ2n) is 5.91. The van der Waals surface area contributed by atoms with E-state index in [2.05, 4.69) is 20.4 Å². The Bertz CT molecular complexity index is 797. The van der Waals surface area contributed by atoms with Crippen LogP contribution in [0.4, 0.5) is 0 Å². The third-order valence-electron chi connectivity index (χ3n) is 3.78. The molecule has 0 spiro atoms. The van der Waals surface area contributed by atoms with Crippen molar-refractivity contribution in [3.8, 4) is 0 Å². The van der Waals surface area contributed by atoms with Gasteiger partial charge < -0.3 is 10.3 Å². The van der Waals surface area contributed by atoms with Crippen LogP contribution in [0.15, 0.2) is 30.5 Å². The zero-order chi connectivity index (χ0) is 16.4. The fourth-order valence-electron chi connectivity index (χ4n) is 2.48. The summed E-state index contributed by atoms with van der Waals surface area (Å²) in [4.78, 5) is 20.0. The first-order valence-electron chi connectivity index (χ1n) is 7.82. The fraction of sp³-hybridized carbons (Fsp3) is 0.353. The Morgan fingerprint density at radius 2 is 2.13 bits per heavy atom. The van der Waals surface area contributed by atoms with Crippen molar-refractivity contribution in [3.63, 3.8) is 0 Å². The van der Waals surface area contributed by atoms with Gasteiger partial charge in [0.2, 0.25) is 0 Å². The van der Waals surface area contributed by atoms with Crippen LogP contribution in [0, 0.1) is 6.92 Å². The predicted molar refractivity (Wildman–Crippen MR) is 89.5 cm³/mol. The lowest BCUT2D eigenvalue weighted by Crippen LogP contribution is -2.26. The summed E-state index contributed by atoms with van der Waals surface area (Å²) < 4.78 is 1.81. The molecule has 3 aromatic rings. The first-order chi connectivity index (χ1) is 11.0. The molecule has 3 rings (SSSR count). The van der Waals surface area contributed by atoms with Gasteiger partial charge in [-0.25, -0.2) is 4.98 Å². The Morgan fingerprint density at radius 1 is 1.35 bits per heavy atom. The molecule has 1 amide bonds. The largest absolute Gasteiger partial charge is 0.351 e. The normalized spacial score (nSPS) is 11.3. The molecule has 0 radical (unpaired) electrons. The number of hydrogen-bond donors (Lipinski definition) is 2. The number of rotatable bonds is 5. The van der Waals surface area contributed by atoms with E-state index in [9.17, 15) is 4.79 Å². The maximum atomic E-state index is 12.3. The van der Waals surface area contributed by atoms with Crippen LogP contribution in [0.3, 0.4) is 0 Å². The van der Waals surface area contributed by atoms with Crippen LogP contribution in [0.1, 0.15) is 41.8 Å². The van der Waals surface area contributed by atoms with Crippen molar-refractivity contribution in [2.75, 3.05) is 6.54 Å². The van der Waals surface area contributed by atoms with Crippen LogP contribution in [-0.4, -0.2) is 32.2 Å². The zero-order valence-electron chi connectivity index (χ0n) is 13.6. The molecule has 1 aromatic carbocycles. The highest BCUT2D eigenvalue weighted by atomic mass is 16.1. The highest BCUT2D eigenvalue weighted by Gasteiger charge is 2.14. The lowest BCUT2D eigenvalue weighted by molar-refractivity contribution is 0.0953. The topological polar surface area (TPSA) is 75.6 Å². The number of carbonyl (C=O) groups excluding carboxylic acids is 1. The third-order valence-corrected chi connectivity index (χ3v) is 3.78. The van der Waals surface area contributed by atoms with Gasteiger partial charge in [0.25, 0.3) is 5.91 Å². The highest BCUT2D eigenvalue weighted by molar-refractivity contribution is 5.95. The SMILES string of the molecule is Cc1nn(C(C)C)cc1C(=O)NCCc1nc2ccccc2[nH]1. The standard InChI is InChI=1S/C17H21N5O/c1-11(2)22-10-13(12(3)21-22)17(23)18-9-8-16-19-14-6-4-5-7-15(14)20-16/h4-7,10-11H,8-9H2,1-3H3,(H,18,23)(H,19,20). The third kappa shape index (κ3) is 3.26. The summed E-state index contributed by atoms with van der Waals surface area (Å²) in [6.07, 6.45) is 2.47. The van der Waals surface area contributed by atoms with Gasteiger partial charge in [-0.05, 0) is 32.9 Å². The molecule has 120 valence electrons. The average Bonchev–Trinajstić information content (AvgIpc) is 3.10. The van der Waals surface area contributed by atoms with Crippen molar-refractivity contribution in [1.82, 2.24) is 25.1 Å². The predicted octanol–water partition coefficient (Wildman–Crippen LogP) is 2.62. The maximum absolute atomic E-state index is 12.3. The monoisotopic (exact) mass is 311 g/mol. The number of fused-ring (bicyclic) bond motifs is 1. The lowest BCUT2D eigenvalue weighted by atomic mass is 10.2. The number of aromatic amines is 1. The fourth-order valence-corrected chi connectivity index (χ4v) is 2.48. The molecular weight excluding hydrogens is 290 g/mol. The summed E-state index contributed by atoms with van der Waals surface area (Å²) in [7, 11) is 0. The number of H-pyrrole nitrogens is 1. The van der Waals surface area contributed by atoms with E-state index in [1.54, 1.807) is 6.20 Å². The summed E-state index contributed by atoms with van der Waals surface area (Å²) >= 11 is 0. The molecule has 0 unspecified atom stereocenters. The number of aryl methyl sites for hydroxylation is 1. The second kappa shape index (κ2) is 6.24. The summed E-state index contributed by atoms with van der Waals surface area (Å²) in [5, 5.41) is 7.30. The highest BCUT2D eigenvalue weighted by Crippen LogP contribution is 2.11. The summed E-state index contributed by atoms with van der Waals surface area (Å²) in [6, 6.07) is 8.14. The van der Waals surface area contributed by atoms with Crippen LogP contribution in [0.5, 0.6) is 0 Å². The number of imidazole rings is 1. The maximum Gasteiger partial charge on any atom is 0.254 e. The molecule has 2 heterocycles. The molecule has 6 nitrogen and oxygen atoms in total. The summed E-state index contributed by atoms with van der Waals surface area (Å²) in [5.74, 6) is 0.784. The van der Waals surface area contributed by atoms with Gasteiger partial charge in [-0.15, -0.1) is 0 Å². The quantitative estimate of drug-likeness (QED) is 0.760. The number of aromatic nitrogens is 4. The number of hydrogen-bond acceptors (Lipinski definition) is 3. The number of para-hydroxylation sites is 2. The molecule has 0 saturated carbocycles. The Balaban J connectivity index is 1.60. The molecule has 2 N–H and O–H groups in total. The van der Waals surface area contributed by atoms with E-state index in [1.165, 1.54) is 0 Å². The number of benzene rings is 1. The molecule has 0 bridgehead atoms. The molecule has 6 heteroatoms.